The molecule has 2 fully saturated rings. The SMILES string of the molecule is CC1CC(/C=C(/C#N)C2Nc3ccccc3N2)C(C)N1C1CCCCN1. The van der Waals surface area contributed by atoms with Gasteiger partial charge >= 0.3 is 0 Å². The van der Waals surface area contributed by atoms with Gasteiger partial charge in [-0.15, -0.1) is 0 Å². The fraction of sp³-hybridized carbons (Fsp3) is 0.571. The van der Waals surface area contributed by atoms with Crippen LogP contribution in [-0.2, 0) is 0 Å². The second-order valence-corrected chi connectivity index (χ2v) is 7.90. The molecule has 3 heterocycles. The van der Waals surface area contributed by atoms with Gasteiger partial charge in [0.25, 0.3) is 0 Å². The zero-order valence-electron chi connectivity index (χ0n) is 15.7. The molecule has 0 aliphatic carbocycles. The number of nitriles is 1. The van der Waals surface area contributed by atoms with Crippen LogP contribution in [-0.4, -0.2) is 35.9 Å². The Kier molecular flexibility index (Phi) is 4.88. The predicted octanol–water partition coefficient (Wildman–Crippen LogP) is 3.50. The molecule has 3 aliphatic heterocycles. The fourth-order valence-corrected chi connectivity index (χ4v) is 4.89. The van der Waals surface area contributed by atoms with Crippen molar-refractivity contribution < 1.29 is 0 Å². The van der Waals surface area contributed by atoms with Gasteiger partial charge in [-0.3, -0.25) is 4.90 Å². The Labute approximate surface area is 156 Å². The van der Waals surface area contributed by atoms with E-state index in [-0.39, 0.29) is 6.17 Å². The largest absolute Gasteiger partial charge is 0.359 e. The summed E-state index contributed by atoms with van der Waals surface area (Å²) in [5.74, 6) is 0.413. The van der Waals surface area contributed by atoms with Gasteiger partial charge in [-0.25, -0.2) is 0 Å². The Hall–Kier alpha value is -2.03. The number of nitrogens with zero attached hydrogens (tertiary/aromatic N) is 2. The molecular formula is C21H29N5. The average Bonchev–Trinajstić information content (AvgIpc) is 3.21. The molecule has 0 amide bonds. The summed E-state index contributed by atoms with van der Waals surface area (Å²) in [6, 6.07) is 11.6. The van der Waals surface area contributed by atoms with Gasteiger partial charge in [0.05, 0.1) is 29.2 Å². The van der Waals surface area contributed by atoms with Crippen molar-refractivity contribution in [2.45, 2.75) is 63.9 Å². The van der Waals surface area contributed by atoms with E-state index in [1.807, 2.05) is 24.3 Å². The highest BCUT2D eigenvalue weighted by atomic mass is 15.3. The minimum Gasteiger partial charge on any atom is -0.359 e. The molecule has 1 aromatic carbocycles. The van der Waals surface area contributed by atoms with E-state index in [1.54, 1.807) is 0 Å². The standard InChI is InChI=1S/C21H29N5/c1-14-11-16(15(2)26(14)20-9-5-6-10-23-20)12-17(13-22)21-24-18-7-3-4-8-19(18)25-21/h3-4,7-8,12,14-16,20-21,23-25H,5-6,9-11H2,1-2H3/b17-12-. The van der Waals surface area contributed by atoms with Crippen molar-refractivity contribution in [3.8, 4) is 6.07 Å². The highest BCUT2D eigenvalue weighted by molar-refractivity contribution is 5.76. The number of nitrogens with one attached hydrogen (secondary N) is 3. The second kappa shape index (κ2) is 7.30. The number of hydrogen-bond acceptors (Lipinski definition) is 5. The molecule has 2 saturated heterocycles. The van der Waals surface area contributed by atoms with Gasteiger partial charge in [0.1, 0.15) is 6.17 Å². The molecule has 0 bridgehead atoms. The van der Waals surface area contributed by atoms with E-state index in [2.05, 4.69) is 46.8 Å². The highest BCUT2D eigenvalue weighted by Gasteiger charge is 2.40. The average molecular weight is 351 g/mol. The first-order chi connectivity index (χ1) is 12.7. The molecule has 0 saturated carbocycles. The van der Waals surface area contributed by atoms with E-state index in [9.17, 15) is 5.26 Å². The van der Waals surface area contributed by atoms with E-state index >= 15 is 0 Å². The Balaban J connectivity index is 1.49. The summed E-state index contributed by atoms with van der Waals surface area (Å²) in [6.07, 6.45) is 7.52. The third-order valence-electron chi connectivity index (χ3n) is 6.22. The Bertz CT molecular complexity index is 690. The van der Waals surface area contributed by atoms with E-state index in [1.165, 1.54) is 19.3 Å². The quantitative estimate of drug-likeness (QED) is 0.728. The number of fused-ring (bicyclic) bond motifs is 1. The lowest BCUT2D eigenvalue weighted by atomic mass is 9.96. The van der Waals surface area contributed by atoms with Crippen LogP contribution in [0.4, 0.5) is 11.4 Å². The van der Waals surface area contributed by atoms with Crippen LogP contribution in [0.15, 0.2) is 35.9 Å². The van der Waals surface area contributed by atoms with Gasteiger partial charge in [0.2, 0.25) is 0 Å². The highest BCUT2D eigenvalue weighted by Crippen LogP contribution is 2.36. The first-order valence-corrected chi connectivity index (χ1v) is 9.92. The molecule has 0 radical (unpaired) electrons. The summed E-state index contributed by atoms with van der Waals surface area (Å²) >= 11 is 0. The molecule has 4 atom stereocenters. The first kappa shape index (κ1) is 17.4. The van der Waals surface area contributed by atoms with Crippen LogP contribution in [0.3, 0.4) is 0 Å². The lowest BCUT2D eigenvalue weighted by Crippen LogP contribution is -2.52. The van der Waals surface area contributed by atoms with Crippen molar-refractivity contribution in [1.29, 1.82) is 5.26 Å². The van der Waals surface area contributed by atoms with Gasteiger partial charge in [-0.2, -0.15) is 5.26 Å². The number of benzene rings is 1. The van der Waals surface area contributed by atoms with Crippen LogP contribution in [0.25, 0.3) is 0 Å². The van der Waals surface area contributed by atoms with Crippen molar-refractivity contribution in [3.05, 3.63) is 35.9 Å². The monoisotopic (exact) mass is 351 g/mol. The normalized spacial score (nSPS) is 32.6. The van der Waals surface area contributed by atoms with Gasteiger partial charge < -0.3 is 16.0 Å². The first-order valence-electron chi connectivity index (χ1n) is 9.92. The smallest absolute Gasteiger partial charge is 0.133 e. The summed E-state index contributed by atoms with van der Waals surface area (Å²) < 4.78 is 0. The summed E-state index contributed by atoms with van der Waals surface area (Å²) in [6.45, 7) is 5.77. The maximum atomic E-state index is 9.77. The predicted molar refractivity (Wildman–Crippen MR) is 106 cm³/mol. The minimum absolute atomic E-state index is 0.123. The summed E-state index contributed by atoms with van der Waals surface area (Å²) in [4.78, 5) is 2.64. The molecule has 26 heavy (non-hydrogen) atoms. The van der Waals surface area contributed by atoms with Crippen LogP contribution in [0, 0.1) is 17.2 Å². The fourth-order valence-electron chi connectivity index (χ4n) is 4.89. The minimum atomic E-state index is -0.123. The van der Waals surface area contributed by atoms with E-state index in [0.29, 0.717) is 24.2 Å². The molecule has 4 unspecified atom stereocenters. The number of anilines is 2. The number of piperidine rings is 1. The Morgan fingerprint density at radius 1 is 1.19 bits per heavy atom. The van der Waals surface area contributed by atoms with E-state index in [0.717, 1.165) is 29.9 Å². The molecule has 3 aliphatic rings. The molecule has 5 nitrogen and oxygen atoms in total. The van der Waals surface area contributed by atoms with Gasteiger partial charge in [-0.1, -0.05) is 18.2 Å². The van der Waals surface area contributed by atoms with Crippen molar-refractivity contribution in [1.82, 2.24) is 10.2 Å². The number of hydrogen-bond donors (Lipinski definition) is 3. The Morgan fingerprint density at radius 3 is 2.54 bits per heavy atom. The third kappa shape index (κ3) is 3.20. The van der Waals surface area contributed by atoms with Crippen molar-refractivity contribution >= 4 is 11.4 Å². The lowest BCUT2D eigenvalue weighted by Gasteiger charge is -2.38. The third-order valence-corrected chi connectivity index (χ3v) is 6.22. The molecular weight excluding hydrogens is 322 g/mol. The second-order valence-electron chi connectivity index (χ2n) is 7.90. The molecule has 5 heteroatoms. The number of likely N-dealkylation sites (tertiary alicyclic amines) is 1. The van der Waals surface area contributed by atoms with Crippen molar-refractivity contribution in [2.75, 3.05) is 17.2 Å². The molecule has 3 N–H and O–H groups in total. The number of para-hydroxylation sites is 2. The molecule has 1 aromatic rings. The van der Waals surface area contributed by atoms with E-state index < -0.39 is 0 Å². The van der Waals surface area contributed by atoms with Crippen molar-refractivity contribution in [3.63, 3.8) is 0 Å². The Morgan fingerprint density at radius 2 is 1.92 bits per heavy atom. The zero-order valence-corrected chi connectivity index (χ0v) is 15.7. The van der Waals surface area contributed by atoms with Crippen LogP contribution in [0.1, 0.15) is 39.5 Å². The van der Waals surface area contributed by atoms with E-state index in [4.69, 9.17) is 0 Å². The lowest BCUT2D eigenvalue weighted by molar-refractivity contribution is 0.0925. The summed E-state index contributed by atoms with van der Waals surface area (Å²) in [5, 5.41) is 20.3. The van der Waals surface area contributed by atoms with Crippen molar-refractivity contribution in [2.24, 2.45) is 5.92 Å². The van der Waals surface area contributed by atoms with Gasteiger partial charge in [0, 0.05) is 12.1 Å². The van der Waals surface area contributed by atoms with Crippen LogP contribution >= 0.6 is 0 Å². The zero-order chi connectivity index (χ0) is 18.1. The maximum absolute atomic E-state index is 9.77. The molecule has 0 aromatic heterocycles. The van der Waals surface area contributed by atoms with Gasteiger partial charge in [0.15, 0.2) is 0 Å². The summed E-state index contributed by atoms with van der Waals surface area (Å²) in [7, 11) is 0. The topological polar surface area (TPSA) is 63.1 Å². The molecule has 4 rings (SSSR count). The van der Waals surface area contributed by atoms with Crippen LogP contribution in [0.5, 0.6) is 0 Å². The molecule has 0 spiro atoms. The van der Waals surface area contributed by atoms with Crippen LogP contribution < -0.4 is 16.0 Å². The summed E-state index contributed by atoms with van der Waals surface area (Å²) in [5.41, 5.74) is 2.93. The number of rotatable bonds is 3. The van der Waals surface area contributed by atoms with Gasteiger partial charge in [-0.05, 0) is 64.1 Å². The maximum Gasteiger partial charge on any atom is 0.133 e. The van der Waals surface area contributed by atoms with Crippen LogP contribution in [0.2, 0.25) is 0 Å². The molecule has 138 valence electrons.